The first-order chi connectivity index (χ1) is 16.3. The third kappa shape index (κ3) is 6.37. The van der Waals surface area contributed by atoms with E-state index in [-0.39, 0.29) is 34.5 Å². The Morgan fingerprint density at radius 3 is 1.71 bits per heavy atom. The topological polar surface area (TPSA) is 129 Å². The van der Waals surface area contributed by atoms with E-state index >= 15 is 0 Å². The summed E-state index contributed by atoms with van der Waals surface area (Å²) >= 11 is 2.09. The number of amides is 2. The van der Waals surface area contributed by atoms with Crippen molar-refractivity contribution in [1.82, 2.24) is 9.80 Å². The van der Waals surface area contributed by atoms with Crippen LogP contribution in [0.15, 0.2) is 31.7 Å². The number of hydrogen-bond donors (Lipinski definition) is 1. The van der Waals surface area contributed by atoms with E-state index in [2.05, 4.69) is 0 Å². The quantitative estimate of drug-likeness (QED) is 0.298. The minimum Gasteiger partial charge on any atom is -0.459 e. The number of carbonyl (C=O) groups excluding carboxylic acids is 3. The van der Waals surface area contributed by atoms with Gasteiger partial charge in [-0.15, -0.1) is 0 Å². The van der Waals surface area contributed by atoms with Gasteiger partial charge < -0.3 is 29.1 Å². The molecular weight excluding hydrogens is 482 g/mol. The molecule has 1 N–H and O–H groups in total. The van der Waals surface area contributed by atoms with Gasteiger partial charge in [-0.05, 0) is 39.8 Å². The number of thioether (sulfide) groups is 2. The molecule has 2 amide bonds. The van der Waals surface area contributed by atoms with Crippen LogP contribution in [0, 0.1) is 11.3 Å². The molecule has 34 heavy (non-hydrogen) atoms. The van der Waals surface area contributed by atoms with Gasteiger partial charge in [-0.3, -0.25) is 0 Å². The predicted octanol–water partition coefficient (Wildman–Crippen LogP) is 3.84. The van der Waals surface area contributed by atoms with Crippen molar-refractivity contribution in [2.24, 2.45) is 0 Å². The Hall–Kier alpha value is -2.88. The minimum absolute atomic E-state index is 0.211. The number of aliphatic hydroxyl groups excluding tert-OH is 1. The molecule has 0 radical (unpaired) electrons. The number of nitriles is 1. The highest BCUT2D eigenvalue weighted by Gasteiger charge is 2.33. The molecule has 1 aliphatic heterocycles. The Morgan fingerprint density at radius 1 is 0.912 bits per heavy atom. The Labute approximate surface area is 206 Å². The fourth-order valence-electron chi connectivity index (χ4n) is 2.85. The Balaban J connectivity index is 2.49. The first-order valence-corrected chi connectivity index (χ1v) is 12.4. The molecule has 0 aromatic heterocycles. The molecule has 0 aliphatic carbocycles. The molecule has 184 valence electrons. The highest BCUT2D eigenvalue weighted by atomic mass is 32.2. The van der Waals surface area contributed by atoms with Gasteiger partial charge in [0.1, 0.15) is 24.2 Å². The average Bonchev–Trinajstić information content (AvgIpc) is 3.27. The molecule has 0 atom stereocenters. The average molecular weight is 510 g/mol. The summed E-state index contributed by atoms with van der Waals surface area (Å²) in [5.74, 6) is -0.464. The largest absolute Gasteiger partial charge is 0.459 e. The lowest BCUT2D eigenvalue weighted by Crippen LogP contribution is -2.33. The van der Waals surface area contributed by atoms with Crippen LogP contribution >= 0.6 is 23.5 Å². The zero-order valence-corrected chi connectivity index (χ0v) is 21.1. The van der Waals surface area contributed by atoms with E-state index < -0.39 is 18.2 Å². The molecule has 0 spiro atoms. The zero-order valence-electron chi connectivity index (χ0n) is 19.5. The predicted molar refractivity (Wildman–Crippen MR) is 127 cm³/mol. The van der Waals surface area contributed by atoms with Crippen molar-refractivity contribution < 1.29 is 33.7 Å². The molecule has 0 fully saturated rings. The second-order valence-electron chi connectivity index (χ2n) is 6.64. The number of aliphatic hydroxyl groups is 1. The molecule has 1 aromatic rings. The molecule has 0 unspecified atom stereocenters. The monoisotopic (exact) mass is 509 g/mol. The number of ether oxygens (including phenoxy) is 3. The second-order valence-corrected chi connectivity index (χ2v) is 8.94. The first-order valence-electron chi connectivity index (χ1n) is 10.7. The summed E-state index contributed by atoms with van der Waals surface area (Å²) < 4.78 is 16.3. The maximum Gasteiger partial charge on any atom is 0.415 e. The van der Waals surface area contributed by atoms with Crippen LogP contribution in [0.25, 0.3) is 0 Å². The molecular formula is C22H27N3O7S2. The summed E-state index contributed by atoms with van der Waals surface area (Å²) in [5, 5.41) is 18.5. The maximum absolute atomic E-state index is 12.5. The van der Waals surface area contributed by atoms with Crippen LogP contribution < -0.4 is 9.47 Å². The molecule has 0 saturated heterocycles. The van der Waals surface area contributed by atoms with Crippen molar-refractivity contribution in [1.29, 1.82) is 5.26 Å². The summed E-state index contributed by atoms with van der Waals surface area (Å²) in [6.07, 6.45) is -1.10. The Morgan fingerprint density at radius 2 is 1.35 bits per heavy atom. The molecule has 1 aliphatic rings. The smallest absolute Gasteiger partial charge is 0.415 e. The SMILES string of the molecule is CCN(CC)C(=O)Oc1ccc(OC(=O)N(CC)CC)c2c1SC(=C(C#N)C(=O)OCCO)S2. The zero-order chi connectivity index (χ0) is 25.3. The van der Waals surface area contributed by atoms with Gasteiger partial charge in [0.15, 0.2) is 5.57 Å². The van der Waals surface area contributed by atoms with Gasteiger partial charge in [0, 0.05) is 26.2 Å². The Kier molecular flexibility index (Phi) is 10.6. The highest BCUT2D eigenvalue weighted by Crippen LogP contribution is 2.59. The van der Waals surface area contributed by atoms with Crippen LogP contribution in [0.5, 0.6) is 11.5 Å². The summed E-state index contributed by atoms with van der Waals surface area (Å²) in [4.78, 5) is 41.2. The molecule has 1 aromatic carbocycles. The van der Waals surface area contributed by atoms with E-state index in [0.717, 1.165) is 23.5 Å². The van der Waals surface area contributed by atoms with Crippen LogP contribution in [-0.2, 0) is 9.53 Å². The summed E-state index contributed by atoms with van der Waals surface area (Å²) in [5.41, 5.74) is -0.262. The minimum atomic E-state index is -0.886. The second kappa shape index (κ2) is 13.1. The van der Waals surface area contributed by atoms with Crippen LogP contribution in [0.3, 0.4) is 0 Å². The summed E-state index contributed by atoms with van der Waals surface area (Å²) in [7, 11) is 0. The number of carbonyl (C=O) groups is 3. The number of fused-ring (bicyclic) bond motifs is 1. The number of hydrogen-bond acceptors (Lipinski definition) is 10. The van der Waals surface area contributed by atoms with Gasteiger partial charge in [-0.25, -0.2) is 14.4 Å². The van der Waals surface area contributed by atoms with Gasteiger partial charge in [-0.2, -0.15) is 5.26 Å². The maximum atomic E-state index is 12.5. The fraction of sp³-hybridized carbons (Fsp3) is 0.455. The highest BCUT2D eigenvalue weighted by molar-refractivity contribution is 8.24. The van der Waals surface area contributed by atoms with Crippen molar-refractivity contribution in [2.75, 3.05) is 39.4 Å². The lowest BCUT2D eigenvalue weighted by molar-refractivity contribution is -0.139. The third-order valence-corrected chi connectivity index (χ3v) is 7.34. The van der Waals surface area contributed by atoms with Crippen LogP contribution in [-0.4, -0.2) is 72.5 Å². The van der Waals surface area contributed by atoms with E-state index in [9.17, 15) is 19.6 Å². The van der Waals surface area contributed by atoms with Gasteiger partial charge in [0.05, 0.1) is 20.6 Å². The molecule has 10 nitrogen and oxygen atoms in total. The van der Waals surface area contributed by atoms with Gasteiger partial charge in [-0.1, -0.05) is 23.5 Å². The van der Waals surface area contributed by atoms with E-state index in [0.29, 0.717) is 36.0 Å². The van der Waals surface area contributed by atoms with Crippen molar-refractivity contribution in [3.8, 4) is 17.6 Å². The molecule has 1 heterocycles. The van der Waals surface area contributed by atoms with Gasteiger partial charge >= 0.3 is 18.2 Å². The molecule has 12 heteroatoms. The van der Waals surface area contributed by atoms with E-state index in [1.54, 1.807) is 0 Å². The van der Waals surface area contributed by atoms with Gasteiger partial charge in [0.2, 0.25) is 0 Å². The van der Waals surface area contributed by atoms with Crippen molar-refractivity contribution in [3.05, 3.63) is 21.9 Å². The molecule has 2 rings (SSSR count). The molecule has 0 saturated carbocycles. The number of rotatable bonds is 9. The van der Waals surface area contributed by atoms with E-state index in [1.807, 2.05) is 33.8 Å². The van der Waals surface area contributed by atoms with Crippen LogP contribution in [0.4, 0.5) is 9.59 Å². The summed E-state index contributed by atoms with van der Waals surface area (Å²) in [6.45, 7) is 8.51. The number of benzene rings is 1. The third-order valence-electron chi connectivity index (χ3n) is 4.71. The Bertz CT molecular complexity index is 942. The van der Waals surface area contributed by atoms with Gasteiger partial charge in [0.25, 0.3) is 0 Å². The van der Waals surface area contributed by atoms with Crippen LogP contribution in [0.2, 0.25) is 0 Å². The fourth-order valence-corrected chi connectivity index (χ4v) is 5.41. The van der Waals surface area contributed by atoms with Crippen molar-refractivity contribution >= 4 is 41.7 Å². The van der Waals surface area contributed by atoms with E-state index in [4.69, 9.17) is 19.3 Å². The summed E-state index contributed by atoms with van der Waals surface area (Å²) in [6, 6.07) is 4.85. The standard InChI is InChI=1S/C22H27N3O7S2/c1-5-24(6-2)21(28)31-15-9-10-16(32-22(29)25(7-3)8-4)18-17(15)33-20(34-18)14(13-23)19(27)30-12-11-26/h9-10,26H,5-8,11-12H2,1-4H3. The lowest BCUT2D eigenvalue weighted by Gasteiger charge is -2.20. The normalized spacial score (nSPS) is 11.8. The number of nitrogens with zero attached hydrogens (tertiary/aromatic N) is 3. The molecule has 0 bridgehead atoms. The van der Waals surface area contributed by atoms with Crippen molar-refractivity contribution in [3.63, 3.8) is 0 Å². The lowest BCUT2D eigenvalue weighted by atomic mass is 10.3. The van der Waals surface area contributed by atoms with Crippen molar-refractivity contribution in [2.45, 2.75) is 37.5 Å². The first kappa shape index (κ1) is 27.4. The van der Waals surface area contributed by atoms with E-state index in [1.165, 1.54) is 21.9 Å². The number of esters is 1. The van der Waals surface area contributed by atoms with Crippen LogP contribution in [0.1, 0.15) is 27.7 Å².